The molecule has 20 heavy (non-hydrogen) atoms. The normalized spacial score (nSPS) is 29.6. The van der Waals surface area contributed by atoms with Crippen molar-refractivity contribution in [1.29, 1.82) is 0 Å². The first-order chi connectivity index (χ1) is 9.26. The van der Waals surface area contributed by atoms with Gasteiger partial charge in [0.15, 0.2) is 0 Å². The molecule has 2 saturated heterocycles. The van der Waals surface area contributed by atoms with Crippen LogP contribution in [0.1, 0.15) is 58.8 Å². The van der Waals surface area contributed by atoms with Crippen molar-refractivity contribution in [1.82, 2.24) is 4.90 Å². The third kappa shape index (κ3) is 3.72. The summed E-state index contributed by atoms with van der Waals surface area (Å²) in [5.74, 6) is -0.288. The van der Waals surface area contributed by atoms with Crippen LogP contribution in [0.25, 0.3) is 0 Å². The van der Waals surface area contributed by atoms with Crippen LogP contribution in [0.15, 0.2) is 0 Å². The Morgan fingerprint density at radius 1 is 1.25 bits per heavy atom. The Labute approximate surface area is 120 Å². The van der Waals surface area contributed by atoms with Crippen LogP contribution in [0.4, 0.5) is 0 Å². The summed E-state index contributed by atoms with van der Waals surface area (Å²) >= 11 is 0. The minimum atomic E-state index is -0.723. The van der Waals surface area contributed by atoms with Gasteiger partial charge in [0.05, 0.1) is 0 Å². The Morgan fingerprint density at radius 3 is 2.25 bits per heavy atom. The largest absolute Gasteiger partial charge is 0.481 e. The van der Waals surface area contributed by atoms with Crippen LogP contribution in [-0.2, 0) is 9.59 Å². The van der Waals surface area contributed by atoms with Crippen molar-refractivity contribution >= 4 is 11.9 Å². The molecule has 0 radical (unpaired) electrons. The zero-order chi connectivity index (χ0) is 14.9. The van der Waals surface area contributed by atoms with E-state index in [1.807, 2.05) is 18.7 Å². The van der Waals surface area contributed by atoms with E-state index in [0.717, 1.165) is 25.7 Å². The number of nitrogens with zero attached hydrogens (tertiary/aromatic N) is 1. The van der Waals surface area contributed by atoms with Crippen molar-refractivity contribution < 1.29 is 14.7 Å². The number of hydrogen-bond acceptors (Lipinski definition) is 3. The molecule has 2 heterocycles. The maximum absolute atomic E-state index is 12.4. The highest BCUT2D eigenvalue weighted by molar-refractivity contribution is 5.77. The second kappa shape index (κ2) is 5.72. The average molecular weight is 282 g/mol. The van der Waals surface area contributed by atoms with Crippen molar-refractivity contribution in [3.63, 3.8) is 0 Å². The predicted octanol–water partition coefficient (Wildman–Crippen LogP) is 1.75. The summed E-state index contributed by atoms with van der Waals surface area (Å²) in [4.78, 5) is 25.3. The van der Waals surface area contributed by atoms with Crippen molar-refractivity contribution in [2.75, 3.05) is 0 Å². The smallest absolute Gasteiger partial charge is 0.303 e. The van der Waals surface area contributed by atoms with E-state index < -0.39 is 5.97 Å². The minimum absolute atomic E-state index is 0.199. The van der Waals surface area contributed by atoms with Crippen LogP contribution in [0.5, 0.6) is 0 Å². The maximum Gasteiger partial charge on any atom is 0.303 e. The van der Waals surface area contributed by atoms with E-state index >= 15 is 0 Å². The number of carbonyl (C=O) groups excluding carboxylic acids is 1. The summed E-state index contributed by atoms with van der Waals surface area (Å²) < 4.78 is 0. The standard InChI is InChI=1S/C15H26N2O3/c1-15(2,16)6-5-13(18)17-11-3-4-12(17)8-10(7-11)9-14(19)20/h10-12H,3-9,16H2,1-2H3,(H,19,20). The van der Waals surface area contributed by atoms with E-state index in [1.165, 1.54) is 0 Å². The molecule has 3 N–H and O–H groups in total. The van der Waals surface area contributed by atoms with E-state index in [0.29, 0.717) is 12.8 Å². The van der Waals surface area contributed by atoms with Gasteiger partial charge in [0.25, 0.3) is 0 Å². The fourth-order valence-electron chi connectivity index (χ4n) is 3.67. The molecule has 2 bridgehead atoms. The summed E-state index contributed by atoms with van der Waals surface area (Å²) in [5, 5.41) is 8.91. The van der Waals surface area contributed by atoms with Crippen LogP contribution < -0.4 is 5.73 Å². The lowest BCUT2D eigenvalue weighted by Gasteiger charge is -2.39. The molecule has 114 valence electrons. The SMILES string of the molecule is CC(C)(N)CCC(=O)N1C2CCC1CC(CC(=O)O)C2. The van der Waals surface area contributed by atoms with Crippen molar-refractivity contribution in [3.05, 3.63) is 0 Å². The number of hydrogen-bond donors (Lipinski definition) is 2. The van der Waals surface area contributed by atoms with Gasteiger partial charge in [0.1, 0.15) is 0 Å². The molecule has 0 aromatic heterocycles. The lowest BCUT2D eigenvalue weighted by atomic mass is 9.87. The molecule has 2 aliphatic rings. The molecule has 5 heteroatoms. The molecule has 2 rings (SSSR count). The van der Waals surface area contributed by atoms with Gasteiger partial charge in [0, 0.05) is 30.5 Å². The number of aliphatic carboxylic acids is 1. The first-order valence-corrected chi connectivity index (χ1v) is 7.58. The lowest BCUT2D eigenvalue weighted by molar-refractivity contribution is -0.140. The Bertz CT molecular complexity index is 375. The molecule has 0 aliphatic carbocycles. The van der Waals surface area contributed by atoms with Gasteiger partial charge in [-0.3, -0.25) is 9.59 Å². The molecular weight excluding hydrogens is 256 g/mol. The molecule has 2 fully saturated rings. The Hall–Kier alpha value is -1.10. The number of piperidine rings is 1. The summed E-state index contributed by atoms with van der Waals surface area (Å²) in [6.45, 7) is 3.88. The van der Waals surface area contributed by atoms with Crippen LogP contribution in [-0.4, -0.2) is 39.5 Å². The van der Waals surface area contributed by atoms with Crippen molar-refractivity contribution in [3.8, 4) is 0 Å². The van der Waals surface area contributed by atoms with Gasteiger partial charge in [-0.1, -0.05) is 0 Å². The third-order valence-corrected chi connectivity index (χ3v) is 4.57. The van der Waals surface area contributed by atoms with Gasteiger partial charge < -0.3 is 15.7 Å². The first kappa shape index (κ1) is 15.3. The third-order valence-electron chi connectivity index (χ3n) is 4.57. The first-order valence-electron chi connectivity index (χ1n) is 7.58. The van der Waals surface area contributed by atoms with Crippen LogP contribution in [0, 0.1) is 5.92 Å². The number of nitrogens with two attached hydrogens (primary N) is 1. The van der Waals surface area contributed by atoms with Crippen molar-refractivity contribution in [2.24, 2.45) is 11.7 Å². The van der Waals surface area contributed by atoms with Gasteiger partial charge in [-0.25, -0.2) is 0 Å². The molecule has 5 nitrogen and oxygen atoms in total. The fourth-order valence-corrected chi connectivity index (χ4v) is 3.67. The van der Waals surface area contributed by atoms with E-state index in [1.54, 1.807) is 0 Å². The number of rotatable bonds is 5. The van der Waals surface area contributed by atoms with Gasteiger partial charge in [-0.05, 0) is 51.9 Å². The van der Waals surface area contributed by atoms with Gasteiger partial charge >= 0.3 is 5.97 Å². The highest BCUT2D eigenvalue weighted by atomic mass is 16.4. The lowest BCUT2D eigenvalue weighted by Crippen LogP contribution is -2.47. The van der Waals surface area contributed by atoms with E-state index in [2.05, 4.69) is 0 Å². The minimum Gasteiger partial charge on any atom is -0.481 e. The predicted molar refractivity (Wildman–Crippen MR) is 76.1 cm³/mol. The zero-order valence-corrected chi connectivity index (χ0v) is 12.5. The molecule has 2 unspecified atom stereocenters. The number of amides is 1. The van der Waals surface area contributed by atoms with Crippen LogP contribution in [0.2, 0.25) is 0 Å². The molecule has 0 aromatic rings. The summed E-state index contributed by atoms with van der Waals surface area (Å²) in [6.07, 6.45) is 5.18. The van der Waals surface area contributed by atoms with Gasteiger partial charge in [0.2, 0.25) is 5.91 Å². The monoisotopic (exact) mass is 282 g/mol. The highest BCUT2D eigenvalue weighted by Gasteiger charge is 2.43. The van der Waals surface area contributed by atoms with Gasteiger partial charge in [-0.15, -0.1) is 0 Å². The van der Waals surface area contributed by atoms with E-state index in [-0.39, 0.29) is 35.9 Å². The summed E-state index contributed by atoms with van der Waals surface area (Å²) in [5.41, 5.74) is 5.63. The molecule has 2 aliphatic heterocycles. The highest BCUT2D eigenvalue weighted by Crippen LogP contribution is 2.40. The Morgan fingerprint density at radius 2 is 1.80 bits per heavy atom. The average Bonchev–Trinajstić information content (AvgIpc) is 2.56. The van der Waals surface area contributed by atoms with Crippen LogP contribution >= 0.6 is 0 Å². The quantitative estimate of drug-likeness (QED) is 0.804. The molecule has 2 atom stereocenters. The Balaban J connectivity index is 1.92. The number of fused-ring (bicyclic) bond motifs is 2. The fraction of sp³-hybridized carbons (Fsp3) is 0.867. The second-order valence-corrected chi connectivity index (χ2v) is 7.11. The van der Waals surface area contributed by atoms with Crippen LogP contribution in [0.3, 0.4) is 0 Å². The molecular formula is C15H26N2O3. The number of carboxylic acid groups (broad SMARTS) is 1. The summed E-state index contributed by atoms with van der Waals surface area (Å²) in [6, 6.07) is 0.512. The molecule has 1 amide bonds. The summed E-state index contributed by atoms with van der Waals surface area (Å²) in [7, 11) is 0. The number of carbonyl (C=O) groups is 2. The Kier molecular flexibility index (Phi) is 4.37. The molecule has 0 aromatic carbocycles. The number of carboxylic acids is 1. The van der Waals surface area contributed by atoms with E-state index in [4.69, 9.17) is 10.8 Å². The topological polar surface area (TPSA) is 83.6 Å². The van der Waals surface area contributed by atoms with E-state index in [9.17, 15) is 9.59 Å². The molecule has 0 spiro atoms. The zero-order valence-electron chi connectivity index (χ0n) is 12.5. The second-order valence-electron chi connectivity index (χ2n) is 7.11. The molecule has 0 saturated carbocycles. The maximum atomic E-state index is 12.4. The van der Waals surface area contributed by atoms with Crippen molar-refractivity contribution in [2.45, 2.75) is 76.4 Å². The van der Waals surface area contributed by atoms with Gasteiger partial charge in [-0.2, -0.15) is 0 Å².